The smallest absolute Gasteiger partial charge is 0.261 e. The quantitative estimate of drug-likeness (QED) is 0.762. The molecule has 3 heteroatoms. The molecule has 4 rings (SSSR count). The van der Waals surface area contributed by atoms with E-state index >= 15 is 0 Å². The van der Waals surface area contributed by atoms with Crippen LogP contribution in [0.5, 0.6) is 5.75 Å². The lowest BCUT2D eigenvalue weighted by Gasteiger charge is -2.20. The van der Waals surface area contributed by atoms with Gasteiger partial charge in [-0.05, 0) is 22.8 Å². The molecular formula is C23H21NO2. The predicted molar refractivity (Wildman–Crippen MR) is 102 cm³/mol. The Hall–Kier alpha value is -3.07. The standard InChI is InChI=1S/C23H21NO2/c25-23(22-15-19-13-7-8-14-21(19)26-22)24-16-20(17-9-3-1-4-10-17)18-11-5-2-6-12-18/h1-14,20,22H,15-16H2,(H,24,25)/t22-/m0/s1. The SMILES string of the molecule is O=C(NCC(c1ccccc1)c1ccccc1)[C@@H]1Cc2ccccc2O1. The number of rotatable bonds is 5. The van der Waals surface area contributed by atoms with Crippen molar-refractivity contribution < 1.29 is 9.53 Å². The number of carbonyl (C=O) groups excluding carboxylic acids is 1. The van der Waals surface area contributed by atoms with Gasteiger partial charge in [-0.2, -0.15) is 0 Å². The van der Waals surface area contributed by atoms with E-state index in [4.69, 9.17) is 4.74 Å². The fourth-order valence-corrected chi connectivity index (χ4v) is 3.44. The van der Waals surface area contributed by atoms with E-state index in [1.54, 1.807) is 0 Å². The van der Waals surface area contributed by atoms with Gasteiger partial charge in [-0.25, -0.2) is 0 Å². The summed E-state index contributed by atoms with van der Waals surface area (Å²) in [5.41, 5.74) is 3.47. The first-order chi connectivity index (χ1) is 12.8. The van der Waals surface area contributed by atoms with Crippen LogP contribution in [0.2, 0.25) is 0 Å². The van der Waals surface area contributed by atoms with Gasteiger partial charge in [0.15, 0.2) is 6.10 Å². The van der Waals surface area contributed by atoms with Gasteiger partial charge >= 0.3 is 0 Å². The lowest BCUT2D eigenvalue weighted by molar-refractivity contribution is -0.127. The summed E-state index contributed by atoms with van der Waals surface area (Å²) in [5.74, 6) is 0.874. The minimum absolute atomic E-state index is 0.0573. The maximum absolute atomic E-state index is 12.6. The molecule has 1 atom stereocenters. The van der Waals surface area contributed by atoms with Gasteiger partial charge in [-0.3, -0.25) is 4.79 Å². The number of para-hydroxylation sites is 1. The number of hydrogen-bond acceptors (Lipinski definition) is 2. The molecule has 130 valence electrons. The van der Waals surface area contributed by atoms with E-state index in [0.717, 1.165) is 11.3 Å². The van der Waals surface area contributed by atoms with Crippen molar-refractivity contribution in [2.45, 2.75) is 18.4 Å². The van der Waals surface area contributed by atoms with Gasteiger partial charge in [0, 0.05) is 18.9 Å². The third kappa shape index (κ3) is 3.47. The van der Waals surface area contributed by atoms with Crippen LogP contribution >= 0.6 is 0 Å². The average Bonchev–Trinajstić information content (AvgIpc) is 3.14. The van der Waals surface area contributed by atoms with Gasteiger partial charge in [-0.1, -0.05) is 78.9 Å². The molecule has 3 nitrogen and oxygen atoms in total. The second-order valence-electron chi connectivity index (χ2n) is 6.54. The number of benzene rings is 3. The zero-order valence-electron chi connectivity index (χ0n) is 14.5. The Morgan fingerprint density at radius 3 is 2.08 bits per heavy atom. The average molecular weight is 343 g/mol. The Kier molecular flexibility index (Phi) is 4.69. The van der Waals surface area contributed by atoms with Crippen molar-refractivity contribution in [1.82, 2.24) is 5.32 Å². The van der Waals surface area contributed by atoms with Crippen LogP contribution in [0.3, 0.4) is 0 Å². The molecule has 1 amide bonds. The van der Waals surface area contributed by atoms with Crippen molar-refractivity contribution in [1.29, 1.82) is 0 Å². The van der Waals surface area contributed by atoms with E-state index in [0.29, 0.717) is 13.0 Å². The third-order valence-electron chi connectivity index (χ3n) is 4.82. The number of ether oxygens (including phenoxy) is 1. The fraction of sp³-hybridized carbons (Fsp3) is 0.174. The molecule has 1 heterocycles. The number of hydrogen-bond donors (Lipinski definition) is 1. The van der Waals surface area contributed by atoms with Crippen LogP contribution in [-0.4, -0.2) is 18.6 Å². The van der Waals surface area contributed by atoms with Gasteiger partial charge < -0.3 is 10.1 Å². The van der Waals surface area contributed by atoms with Gasteiger partial charge in [0.05, 0.1) is 0 Å². The molecular weight excluding hydrogens is 322 g/mol. The second kappa shape index (κ2) is 7.44. The van der Waals surface area contributed by atoms with E-state index in [1.807, 2.05) is 60.7 Å². The molecule has 0 spiro atoms. The molecule has 1 N–H and O–H groups in total. The maximum atomic E-state index is 12.6. The van der Waals surface area contributed by atoms with E-state index in [2.05, 4.69) is 29.6 Å². The van der Waals surface area contributed by atoms with Crippen molar-refractivity contribution in [3.63, 3.8) is 0 Å². The molecule has 0 saturated heterocycles. The molecule has 0 radical (unpaired) electrons. The first-order valence-electron chi connectivity index (χ1n) is 8.93. The van der Waals surface area contributed by atoms with Crippen LogP contribution in [0.4, 0.5) is 0 Å². The summed E-state index contributed by atoms with van der Waals surface area (Å²) < 4.78 is 5.80. The topological polar surface area (TPSA) is 38.3 Å². The monoisotopic (exact) mass is 343 g/mol. The minimum atomic E-state index is -0.445. The summed E-state index contributed by atoms with van der Waals surface area (Å²) in [4.78, 5) is 12.6. The second-order valence-corrected chi connectivity index (χ2v) is 6.54. The molecule has 1 aliphatic rings. The van der Waals surface area contributed by atoms with Gasteiger partial charge in [0.2, 0.25) is 0 Å². The molecule has 0 aliphatic carbocycles. The summed E-state index contributed by atoms with van der Waals surface area (Å²) in [6.07, 6.45) is 0.184. The Labute approximate surface area is 153 Å². The first kappa shape index (κ1) is 16.4. The van der Waals surface area contributed by atoms with Crippen molar-refractivity contribution in [2.24, 2.45) is 0 Å². The fourth-order valence-electron chi connectivity index (χ4n) is 3.44. The normalized spacial score (nSPS) is 15.3. The van der Waals surface area contributed by atoms with Crippen LogP contribution in [0.1, 0.15) is 22.6 Å². The first-order valence-corrected chi connectivity index (χ1v) is 8.93. The Bertz CT molecular complexity index is 812. The molecule has 1 aliphatic heterocycles. The highest BCUT2D eigenvalue weighted by molar-refractivity contribution is 5.82. The van der Waals surface area contributed by atoms with Crippen molar-refractivity contribution in [3.05, 3.63) is 102 Å². The van der Waals surface area contributed by atoms with E-state index in [-0.39, 0.29) is 11.8 Å². The molecule has 0 aromatic heterocycles. The predicted octanol–water partition coefficient (Wildman–Crippen LogP) is 3.94. The number of fused-ring (bicyclic) bond motifs is 1. The lowest BCUT2D eigenvalue weighted by Crippen LogP contribution is -2.39. The highest BCUT2D eigenvalue weighted by Gasteiger charge is 2.29. The Balaban J connectivity index is 1.46. The molecule has 0 unspecified atom stereocenters. The Morgan fingerprint density at radius 1 is 0.885 bits per heavy atom. The number of nitrogens with one attached hydrogen (secondary N) is 1. The highest BCUT2D eigenvalue weighted by Crippen LogP contribution is 2.28. The van der Waals surface area contributed by atoms with Crippen molar-refractivity contribution >= 4 is 5.91 Å². The summed E-state index contributed by atoms with van der Waals surface area (Å²) in [5, 5.41) is 3.09. The third-order valence-corrected chi connectivity index (χ3v) is 4.82. The van der Waals surface area contributed by atoms with Crippen LogP contribution < -0.4 is 10.1 Å². The number of carbonyl (C=O) groups is 1. The largest absolute Gasteiger partial charge is 0.480 e. The molecule has 0 saturated carbocycles. The van der Waals surface area contributed by atoms with Gasteiger partial charge in [-0.15, -0.1) is 0 Å². The number of amides is 1. The molecule has 0 fully saturated rings. The summed E-state index contributed by atoms with van der Waals surface area (Å²) >= 11 is 0. The van der Waals surface area contributed by atoms with Crippen LogP contribution in [0.15, 0.2) is 84.9 Å². The van der Waals surface area contributed by atoms with Crippen LogP contribution in [-0.2, 0) is 11.2 Å². The highest BCUT2D eigenvalue weighted by atomic mass is 16.5. The van der Waals surface area contributed by atoms with Crippen molar-refractivity contribution in [3.8, 4) is 5.75 Å². The summed E-state index contributed by atoms with van der Waals surface area (Å²) in [6.45, 7) is 0.545. The molecule has 26 heavy (non-hydrogen) atoms. The van der Waals surface area contributed by atoms with E-state index in [1.165, 1.54) is 11.1 Å². The van der Waals surface area contributed by atoms with E-state index in [9.17, 15) is 4.79 Å². The molecule has 0 bridgehead atoms. The molecule has 3 aromatic carbocycles. The van der Waals surface area contributed by atoms with Gasteiger partial charge in [0.1, 0.15) is 5.75 Å². The lowest BCUT2D eigenvalue weighted by atomic mass is 9.91. The minimum Gasteiger partial charge on any atom is -0.480 e. The summed E-state index contributed by atoms with van der Waals surface area (Å²) in [6, 6.07) is 28.4. The van der Waals surface area contributed by atoms with Crippen molar-refractivity contribution in [2.75, 3.05) is 6.54 Å². The van der Waals surface area contributed by atoms with Crippen LogP contribution in [0, 0.1) is 0 Å². The zero-order valence-corrected chi connectivity index (χ0v) is 14.5. The molecule has 3 aromatic rings. The van der Waals surface area contributed by atoms with E-state index < -0.39 is 6.10 Å². The maximum Gasteiger partial charge on any atom is 0.261 e. The zero-order chi connectivity index (χ0) is 17.8. The Morgan fingerprint density at radius 2 is 1.46 bits per heavy atom. The van der Waals surface area contributed by atoms with Gasteiger partial charge in [0.25, 0.3) is 5.91 Å². The van der Waals surface area contributed by atoms with Crippen LogP contribution in [0.25, 0.3) is 0 Å². The summed E-state index contributed by atoms with van der Waals surface area (Å²) in [7, 11) is 0.